The molecular formula is C20H20ClN3O3S. The number of nitrogens with one attached hydrogen (secondary N) is 1. The molecule has 0 saturated carbocycles. The standard InChI is InChI=1S/C20H20ClN3O3S/c21-15-6-7-17-18(10-15)22-19(23-20(17)25)12-24(11-14-4-2-1-3-5-14)16-8-9-28(26,27)13-16/h1-7,10,16H,8-9,11-13H2,(H,22,23,25)/t16-/m0/s1. The zero-order chi connectivity index (χ0) is 19.7. The predicted octanol–water partition coefficient (Wildman–Crippen LogP) is 2.77. The minimum absolute atomic E-state index is 0.106. The zero-order valence-electron chi connectivity index (χ0n) is 15.1. The number of hydrogen-bond acceptors (Lipinski definition) is 5. The lowest BCUT2D eigenvalue weighted by molar-refractivity contribution is 0.189. The maximum absolute atomic E-state index is 12.4. The van der Waals surface area contributed by atoms with Crippen molar-refractivity contribution in [1.82, 2.24) is 14.9 Å². The Morgan fingerprint density at radius 2 is 1.93 bits per heavy atom. The van der Waals surface area contributed by atoms with Crippen LogP contribution in [0.25, 0.3) is 10.9 Å². The zero-order valence-corrected chi connectivity index (χ0v) is 16.7. The van der Waals surface area contributed by atoms with E-state index in [9.17, 15) is 13.2 Å². The van der Waals surface area contributed by atoms with E-state index in [4.69, 9.17) is 11.6 Å². The van der Waals surface area contributed by atoms with Gasteiger partial charge in [-0.25, -0.2) is 13.4 Å². The second kappa shape index (κ2) is 7.66. The van der Waals surface area contributed by atoms with Gasteiger partial charge in [0.25, 0.3) is 5.56 Å². The fraction of sp³-hybridized carbons (Fsp3) is 0.300. The Balaban J connectivity index is 1.67. The fourth-order valence-electron chi connectivity index (χ4n) is 3.62. The van der Waals surface area contributed by atoms with Crippen molar-refractivity contribution in [3.63, 3.8) is 0 Å². The molecule has 4 rings (SSSR count). The van der Waals surface area contributed by atoms with E-state index in [1.54, 1.807) is 18.2 Å². The summed E-state index contributed by atoms with van der Waals surface area (Å²) in [7, 11) is -3.02. The molecule has 1 aliphatic rings. The third kappa shape index (κ3) is 4.27. The van der Waals surface area contributed by atoms with Crippen LogP contribution >= 0.6 is 11.6 Å². The molecular weight excluding hydrogens is 398 g/mol. The van der Waals surface area contributed by atoms with Crippen molar-refractivity contribution in [2.45, 2.75) is 25.6 Å². The van der Waals surface area contributed by atoms with Crippen molar-refractivity contribution >= 4 is 32.3 Å². The van der Waals surface area contributed by atoms with E-state index < -0.39 is 9.84 Å². The van der Waals surface area contributed by atoms with Crippen LogP contribution in [0, 0.1) is 0 Å². The molecule has 3 aromatic rings. The molecule has 0 aliphatic carbocycles. The molecule has 8 heteroatoms. The van der Waals surface area contributed by atoms with Gasteiger partial charge in [-0.2, -0.15) is 0 Å². The Morgan fingerprint density at radius 3 is 2.64 bits per heavy atom. The second-order valence-corrected chi connectivity index (χ2v) is 9.79. The quantitative estimate of drug-likeness (QED) is 0.690. The van der Waals surface area contributed by atoms with E-state index >= 15 is 0 Å². The largest absolute Gasteiger partial charge is 0.309 e. The van der Waals surface area contributed by atoms with Gasteiger partial charge in [0.15, 0.2) is 9.84 Å². The summed E-state index contributed by atoms with van der Waals surface area (Å²) in [5, 5.41) is 0.991. The highest BCUT2D eigenvalue weighted by molar-refractivity contribution is 7.91. The Bertz CT molecular complexity index is 1160. The van der Waals surface area contributed by atoms with Crippen LogP contribution in [0.1, 0.15) is 17.8 Å². The van der Waals surface area contributed by atoms with Crippen molar-refractivity contribution in [1.29, 1.82) is 0 Å². The monoisotopic (exact) mass is 417 g/mol. The summed E-state index contributed by atoms with van der Waals surface area (Å²) < 4.78 is 24.0. The number of rotatable bonds is 5. The first-order chi connectivity index (χ1) is 13.4. The summed E-state index contributed by atoms with van der Waals surface area (Å²) in [6.45, 7) is 0.936. The SMILES string of the molecule is O=c1[nH]c(CN(Cc2ccccc2)[C@H]2CCS(=O)(=O)C2)nc2cc(Cl)ccc12. The van der Waals surface area contributed by atoms with Gasteiger partial charge < -0.3 is 4.98 Å². The van der Waals surface area contributed by atoms with Gasteiger partial charge in [0.05, 0.1) is 29.0 Å². The summed E-state index contributed by atoms with van der Waals surface area (Å²) in [6.07, 6.45) is 0.582. The minimum atomic E-state index is -3.02. The lowest BCUT2D eigenvalue weighted by Crippen LogP contribution is -2.36. The lowest BCUT2D eigenvalue weighted by atomic mass is 10.1. The highest BCUT2D eigenvalue weighted by atomic mass is 35.5. The number of sulfone groups is 1. The van der Waals surface area contributed by atoms with E-state index in [0.717, 1.165) is 5.56 Å². The fourth-order valence-corrected chi connectivity index (χ4v) is 5.55. The highest BCUT2D eigenvalue weighted by Crippen LogP contribution is 2.22. The number of nitrogens with zero attached hydrogens (tertiary/aromatic N) is 2. The van der Waals surface area contributed by atoms with E-state index in [1.807, 2.05) is 30.3 Å². The van der Waals surface area contributed by atoms with Crippen LogP contribution in [0.4, 0.5) is 0 Å². The smallest absolute Gasteiger partial charge is 0.258 e. The number of aromatic amines is 1. The molecule has 0 unspecified atom stereocenters. The molecule has 0 amide bonds. The number of aromatic nitrogens is 2. The van der Waals surface area contributed by atoms with Gasteiger partial charge in [0.1, 0.15) is 5.82 Å². The van der Waals surface area contributed by atoms with Gasteiger partial charge in [-0.1, -0.05) is 41.9 Å². The number of hydrogen-bond donors (Lipinski definition) is 1. The van der Waals surface area contributed by atoms with Gasteiger partial charge in [0.2, 0.25) is 0 Å². The van der Waals surface area contributed by atoms with E-state index in [2.05, 4.69) is 14.9 Å². The molecule has 6 nitrogen and oxygen atoms in total. The van der Waals surface area contributed by atoms with Crippen LogP contribution in [0.15, 0.2) is 53.3 Å². The van der Waals surface area contributed by atoms with Gasteiger partial charge in [0, 0.05) is 17.6 Å². The molecule has 146 valence electrons. The second-order valence-electron chi connectivity index (χ2n) is 7.12. The van der Waals surface area contributed by atoms with Crippen LogP contribution in [0.2, 0.25) is 5.02 Å². The Kier molecular flexibility index (Phi) is 5.23. The summed E-state index contributed by atoms with van der Waals surface area (Å²) in [4.78, 5) is 21.9. The number of H-pyrrole nitrogens is 1. The van der Waals surface area contributed by atoms with Crippen molar-refractivity contribution in [3.8, 4) is 0 Å². The number of benzene rings is 2. The average Bonchev–Trinajstić information content (AvgIpc) is 3.01. The molecule has 2 heterocycles. The molecule has 0 radical (unpaired) electrons. The molecule has 0 spiro atoms. The maximum atomic E-state index is 12.4. The van der Waals surface area contributed by atoms with Crippen LogP contribution in [0.3, 0.4) is 0 Å². The number of halogens is 1. The third-order valence-electron chi connectivity index (χ3n) is 5.02. The third-order valence-corrected chi connectivity index (χ3v) is 7.01. The van der Waals surface area contributed by atoms with E-state index in [1.165, 1.54) is 0 Å². The first kappa shape index (κ1) is 19.1. The van der Waals surface area contributed by atoms with Crippen LogP contribution in [-0.4, -0.2) is 40.8 Å². The van der Waals surface area contributed by atoms with Crippen LogP contribution in [0.5, 0.6) is 0 Å². The molecule has 0 bridgehead atoms. The first-order valence-corrected chi connectivity index (χ1v) is 11.3. The number of fused-ring (bicyclic) bond motifs is 1. The van der Waals surface area contributed by atoms with Crippen molar-refractivity contribution in [2.24, 2.45) is 0 Å². The molecule has 1 saturated heterocycles. The molecule has 1 aliphatic heterocycles. The minimum Gasteiger partial charge on any atom is -0.309 e. The normalized spacial score (nSPS) is 18.7. The molecule has 1 N–H and O–H groups in total. The predicted molar refractivity (Wildman–Crippen MR) is 110 cm³/mol. The average molecular weight is 418 g/mol. The summed E-state index contributed by atoms with van der Waals surface area (Å²) in [5.41, 5.74) is 1.39. The lowest BCUT2D eigenvalue weighted by Gasteiger charge is -2.27. The maximum Gasteiger partial charge on any atom is 0.258 e. The van der Waals surface area contributed by atoms with Gasteiger partial charge in [-0.05, 0) is 30.2 Å². The topological polar surface area (TPSA) is 83.1 Å². The molecule has 1 aromatic heterocycles. The van der Waals surface area contributed by atoms with Crippen molar-refractivity contribution in [2.75, 3.05) is 11.5 Å². The van der Waals surface area contributed by atoms with Crippen LogP contribution < -0.4 is 5.56 Å². The van der Waals surface area contributed by atoms with E-state index in [-0.39, 0.29) is 23.1 Å². The summed E-state index contributed by atoms with van der Waals surface area (Å²) in [6, 6.07) is 14.7. The van der Waals surface area contributed by atoms with Gasteiger partial charge >= 0.3 is 0 Å². The van der Waals surface area contributed by atoms with Crippen molar-refractivity contribution < 1.29 is 8.42 Å². The first-order valence-electron chi connectivity index (χ1n) is 9.06. The Labute approximate surface area is 168 Å². The molecule has 2 aromatic carbocycles. The van der Waals surface area contributed by atoms with Crippen LogP contribution in [-0.2, 0) is 22.9 Å². The Hall–Kier alpha value is -2.22. The Morgan fingerprint density at radius 1 is 1.14 bits per heavy atom. The molecule has 1 fully saturated rings. The summed E-state index contributed by atoms with van der Waals surface area (Å²) >= 11 is 6.04. The highest BCUT2D eigenvalue weighted by Gasteiger charge is 2.32. The van der Waals surface area contributed by atoms with Gasteiger partial charge in [-0.15, -0.1) is 0 Å². The molecule has 28 heavy (non-hydrogen) atoms. The summed E-state index contributed by atoms with van der Waals surface area (Å²) in [5.74, 6) is 0.823. The van der Waals surface area contributed by atoms with E-state index in [0.29, 0.717) is 41.3 Å². The molecule has 1 atom stereocenters. The van der Waals surface area contributed by atoms with Crippen molar-refractivity contribution in [3.05, 3.63) is 75.3 Å². The van der Waals surface area contributed by atoms with Gasteiger partial charge in [-0.3, -0.25) is 9.69 Å².